The monoisotopic (exact) mass is 413 g/mol. The SMILES string of the molecule is COC(=O)c1sc(Sc2nc3sc4c(c3c(=O)n2C)CCC4)nc1Cl. The van der Waals surface area contributed by atoms with E-state index in [0.29, 0.717) is 9.50 Å². The van der Waals surface area contributed by atoms with E-state index in [9.17, 15) is 9.59 Å². The van der Waals surface area contributed by atoms with E-state index in [2.05, 4.69) is 14.7 Å². The van der Waals surface area contributed by atoms with Crippen molar-refractivity contribution < 1.29 is 9.53 Å². The number of thiazole rings is 1. The number of esters is 1. The first-order valence-electron chi connectivity index (χ1n) is 7.43. The van der Waals surface area contributed by atoms with Gasteiger partial charge in [-0.1, -0.05) is 22.9 Å². The fraction of sp³-hybridized carbons (Fsp3) is 0.333. The molecule has 0 N–H and O–H groups in total. The lowest BCUT2D eigenvalue weighted by Crippen LogP contribution is -2.19. The molecule has 25 heavy (non-hydrogen) atoms. The molecule has 1 aliphatic rings. The van der Waals surface area contributed by atoms with Gasteiger partial charge in [0.05, 0.1) is 12.5 Å². The summed E-state index contributed by atoms with van der Waals surface area (Å²) in [7, 11) is 2.99. The summed E-state index contributed by atoms with van der Waals surface area (Å²) in [4.78, 5) is 35.6. The van der Waals surface area contributed by atoms with Crippen LogP contribution in [0.4, 0.5) is 0 Å². The molecule has 0 spiro atoms. The summed E-state index contributed by atoms with van der Waals surface area (Å²) in [6.07, 6.45) is 3.07. The van der Waals surface area contributed by atoms with Crippen LogP contribution in [0.1, 0.15) is 26.5 Å². The highest BCUT2D eigenvalue weighted by molar-refractivity contribution is 8.00. The van der Waals surface area contributed by atoms with E-state index in [1.165, 1.54) is 28.3 Å². The Morgan fingerprint density at radius 3 is 2.88 bits per heavy atom. The highest BCUT2D eigenvalue weighted by atomic mass is 35.5. The van der Waals surface area contributed by atoms with Crippen molar-refractivity contribution >= 4 is 62.2 Å². The van der Waals surface area contributed by atoms with Crippen LogP contribution in [0, 0.1) is 0 Å². The minimum Gasteiger partial charge on any atom is -0.465 e. The molecule has 3 aromatic heterocycles. The van der Waals surface area contributed by atoms with Crippen LogP contribution in [0.15, 0.2) is 14.3 Å². The van der Waals surface area contributed by atoms with Crippen LogP contribution in [-0.4, -0.2) is 27.6 Å². The first kappa shape index (κ1) is 17.0. The zero-order chi connectivity index (χ0) is 17.7. The third-order valence-electron chi connectivity index (χ3n) is 4.02. The lowest BCUT2D eigenvalue weighted by atomic mass is 10.2. The molecule has 6 nitrogen and oxygen atoms in total. The topological polar surface area (TPSA) is 74.1 Å². The number of ether oxygens (including phenoxy) is 1. The number of carbonyl (C=O) groups is 1. The Balaban J connectivity index is 1.77. The second kappa shape index (κ2) is 6.39. The van der Waals surface area contributed by atoms with Crippen LogP contribution in [-0.2, 0) is 24.6 Å². The van der Waals surface area contributed by atoms with E-state index in [0.717, 1.165) is 46.4 Å². The van der Waals surface area contributed by atoms with Crippen LogP contribution >= 0.6 is 46.0 Å². The van der Waals surface area contributed by atoms with E-state index in [4.69, 9.17) is 11.6 Å². The van der Waals surface area contributed by atoms with E-state index in [1.807, 2.05) is 0 Å². The molecular weight excluding hydrogens is 402 g/mol. The quantitative estimate of drug-likeness (QED) is 0.483. The summed E-state index contributed by atoms with van der Waals surface area (Å²) >= 11 is 9.94. The van der Waals surface area contributed by atoms with Gasteiger partial charge in [-0.05, 0) is 36.6 Å². The fourth-order valence-corrected chi connectivity index (χ4v) is 6.41. The summed E-state index contributed by atoms with van der Waals surface area (Å²) in [6, 6.07) is 0. The lowest BCUT2D eigenvalue weighted by Gasteiger charge is -2.05. The third kappa shape index (κ3) is 2.79. The maximum absolute atomic E-state index is 12.8. The Bertz CT molecular complexity index is 1070. The molecule has 3 aromatic rings. The molecule has 4 rings (SSSR count). The Morgan fingerprint density at radius 1 is 1.32 bits per heavy atom. The van der Waals surface area contributed by atoms with Gasteiger partial charge in [0, 0.05) is 11.9 Å². The Kier molecular flexibility index (Phi) is 4.35. The summed E-state index contributed by atoms with van der Waals surface area (Å²) in [5, 5.41) is 1.37. The van der Waals surface area contributed by atoms with E-state index in [-0.39, 0.29) is 15.6 Å². The molecule has 0 unspecified atom stereocenters. The van der Waals surface area contributed by atoms with Gasteiger partial charge in [0.15, 0.2) is 19.5 Å². The second-order valence-electron chi connectivity index (χ2n) is 5.49. The third-order valence-corrected chi connectivity index (χ3v) is 7.74. The molecule has 0 amide bonds. The van der Waals surface area contributed by atoms with E-state index >= 15 is 0 Å². The van der Waals surface area contributed by atoms with Gasteiger partial charge in [-0.25, -0.2) is 14.8 Å². The number of fused-ring (bicyclic) bond motifs is 3. The van der Waals surface area contributed by atoms with Crippen molar-refractivity contribution in [2.24, 2.45) is 7.05 Å². The van der Waals surface area contributed by atoms with Gasteiger partial charge >= 0.3 is 5.97 Å². The largest absolute Gasteiger partial charge is 0.465 e. The van der Waals surface area contributed by atoms with Gasteiger partial charge in [0.2, 0.25) is 0 Å². The number of rotatable bonds is 3. The van der Waals surface area contributed by atoms with Crippen molar-refractivity contribution in [1.82, 2.24) is 14.5 Å². The van der Waals surface area contributed by atoms with Gasteiger partial charge in [0.25, 0.3) is 5.56 Å². The summed E-state index contributed by atoms with van der Waals surface area (Å²) in [6.45, 7) is 0. The van der Waals surface area contributed by atoms with Gasteiger partial charge in [0.1, 0.15) is 4.83 Å². The maximum Gasteiger partial charge on any atom is 0.351 e. The van der Waals surface area contributed by atoms with Crippen LogP contribution in [0.5, 0.6) is 0 Å². The second-order valence-corrected chi connectivity index (χ2v) is 9.14. The summed E-state index contributed by atoms with van der Waals surface area (Å²) in [5.74, 6) is -0.527. The average molecular weight is 414 g/mol. The van der Waals surface area contributed by atoms with Crippen molar-refractivity contribution in [3.8, 4) is 0 Å². The minimum absolute atomic E-state index is 0.0391. The number of aryl methyl sites for hydroxylation is 2. The van der Waals surface area contributed by atoms with Gasteiger partial charge < -0.3 is 4.74 Å². The normalized spacial score (nSPS) is 13.4. The summed E-state index contributed by atoms with van der Waals surface area (Å²) < 4.78 is 6.76. The summed E-state index contributed by atoms with van der Waals surface area (Å²) in [5.41, 5.74) is 1.12. The van der Waals surface area contributed by atoms with Crippen LogP contribution < -0.4 is 5.56 Å². The number of thiophene rings is 1. The van der Waals surface area contributed by atoms with Crippen LogP contribution in [0.3, 0.4) is 0 Å². The zero-order valence-corrected chi connectivity index (χ0v) is 16.5. The predicted molar refractivity (Wildman–Crippen MR) is 99.5 cm³/mol. The van der Waals surface area contributed by atoms with Crippen LogP contribution in [0.2, 0.25) is 5.15 Å². The number of carbonyl (C=O) groups excluding carboxylic acids is 1. The molecule has 0 aromatic carbocycles. The fourth-order valence-electron chi connectivity index (χ4n) is 2.82. The smallest absolute Gasteiger partial charge is 0.351 e. The van der Waals surface area contributed by atoms with E-state index < -0.39 is 5.97 Å². The standard InChI is InChI=1S/C15H12ClN3O3S3/c1-19-12(20)8-6-4-3-5-7(6)23-11(8)18-14(19)25-15-17-10(16)9(24-15)13(21)22-2/h3-5H2,1-2H3. The van der Waals surface area contributed by atoms with Gasteiger partial charge in [-0.15, -0.1) is 11.3 Å². The number of nitrogens with zero attached hydrogens (tertiary/aromatic N) is 3. The Hall–Kier alpha value is -1.42. The highest BCUT2D eigenvalue weighted by Gasteiger charge is 2.24. The molecule has 1 aliphatic carbocycles. The van der Waals surface area contributed by atoms with Crippen LogP contribution in [0.25, 0.3) is 10.2 Å². The number of halogens is 1. The minimum atomic E-state index is -0.527. The molecule has 3 heterocycles. The maximum atomic E-state index is 12.8. The Labute approximate surface area is 159 Å². The molecule has 130 valence electrons. The molecule has 0 radical (unpaired) electrons. The predicted octanol–water partition coefficient (Wildman–Crippen LogP) is 3.53. The zero-order valence-electron chi connectivity index (χ0n) is 13.3. The number of aromatic nitrogens is 3. The van der Waals surface area contributed by atoms with Crippen molar-refractivity contribution in [3.05, 3.63) is 30.8 Å². The molecular formula is C15H12ClN3O3S3. The van der Waals surface area contributed by atoms with Gasteiger partial charge in [-0.2, -0.15) is 0 Å². The lowest BCUT2D eigenvalue weighted by molar-refractivity contribution is 0.0606. The van der Waals surface area contributed by atoms with E-state index in [1.54, 1.807) is 18.4 Å². The Morgan fingerprint density at radius 2 is 2.12 bits per heavy atom. The molecule has 0 aliphatic heterocycles. The highest BCUT2D eigenvalue weighted by Crippen LogP contribution is 2.38. The molecule has 0 saturated heterocycles. The first-order chi connectivity index (χ1) is 12.0. The molecule has 0 atom stereocenters. The molecule has 0 bridgehead atoms. The van der Waals surface area contributed by atoms with Crippen molar-refractivity contribution in [2.45, 2.75) is 28.8 Å². The number of methoxy groups -OCH3 is 1. The van der Waals surface area contributed by atoms with Crippen molar-refractivity contribution in [3.63, 3.8) is 0 Å². The number of hydrogen-bond donors (Lipinski definition) is 0. The number of hydrogen-bond acceptors (Lipinski definition) is 8. The first-order valence-corrected chi connectivity index (χ1v) is 10.3. The average Bonchev–Trinajstić information content (AvgIpc) is 3.25. The molecule has 0 fully saturated rings. The molecule has 10 heteroatoms. The van der Waals surface area contributed by atoms with Gasteiger partial charge in [-0.3, -0.25) is 9.36 Å². The molecule has 0 saturated carbocycles. The van der Waals surface area contributed by atoms with Crippen molar-refractivity contribution in [1.29, 1.82) is 0 Å². The van der Waals surface area contributed by atoms with Crippen molar-refractivity contribution in [2.75, 3.05) is 7.11 Å².